The Kier molecular flexibility index (Phi) is 5.64. The first kappa shape index (κ1) is 20.5. The molecular weight excluding hydrogens is 420 g/mol. The molecule has 2 aromatic carbocycles. The van der Waals surface area contributed by atoms with Gasteiger partial charge in [-0.2, -0.15) is 5.10 Å². The zero-order valence-electron chi connectivity index (χ0n) is 16.5. The van der Waals surface area contributed by atoms with E-state index in [1.165, 1.54) is 12.3 Å². The molecule has 0 radical (unpaired) electrons. The number of rotatable bonds is 6. The van der Waals surface area contributed by atoms with Crippen LogP contribution in [-0.2, 0) is 4.79 Å². The number of anilines is 2. The Balaban J connectivity index is 1.76. The highest BCUT2D eigenvalue weighted by Crippen LogP contribution is 2.36. The van der Waals surface area contributed by atoms with Crippen LogP contribution in [0.4, 0.5) is 11.5 Å². The van der Waals surface area contributed by atoms with Crippen LogP contribution in [0.3, 0.4) is 0 Å². The van der Waals surface area contributed by atoms with Crippen molar-refractivity contribution in [3.05, 3.63) is 82.7 Å². The first-order chi connectivity index (χ1) is 15.0. The summed E-state index contributed by atoms with van der Waals surface area (Å²) in [6.45, 7) is 2.32. The highest BCUT2D eigenvalue weighted by atomic mass is 35.5. The van der Waals surface area contributed by atoms with Gasteiger partial charge in [-0.25, -0.2) is 9.48 Å². The topological polar surface area (TPSA) is 105 Å². The van der Waals surface area contributed by atoms with E-state index in [1.54, 1.807) is 28.9 Å². The van der Waals surface area contributed by atoms with Gasteiger partial charge >= 0.3 is 5.97 Å². The number of benzene rings is 2. The third-order valence-corrected chi connectivity index (χ3v) is 5.10. The number of fused-ring (bicyclic) bond motifs is 1. The molecule has 31 heavy (non-hydrogen) atoms. The fourth-order valence-electron chi connectivity index (χ4n) is 3.37. The largest absolute Gasteiger partial charge is 0.494 e. The molecule has 2 heterocycles. The van der Waals surface area contributed by atoms with Crippen LogP contribution < -0.4 is 15.4 Å². The number of amides is 1. The Morgan fingerprint density at radius 2 is 1.97 bits per heavy atom. The van der Waals surface area contributed by atoms with Gasteiger partial charge in [0.1, 0.15) is 28.9 Å². The second kappa shape index (κ2) is 8.53. The molecule has 0 unspecified atom stereocenters. The fraction of sp³-hybridized carbons (Fsp3) is 0.136. The maximum absolute atomic E-state index is 12.9. The number of carbonyl (C=O) groups is 2. The zero-order chi connectivity index (χ0) is 22.0. The summed E-state index contributed by atoms with van der Waals surface area (Å²) in [5.74, 6) is -0.740. The summed E-state index contributed by atoms with van der Waals surface area (Å²) >= 11 is 6.14. The summed E-state index contributed by atoms with van der Waals surface area (Å²) < 4.78 is 7.28. The number of aromatic nitrogens is 2. The third-order valence-electron chi connectivity index (χ3n) is 4.77. The summed E-state index contributed by atoms with van der Waals surface area (Å²) in [6, 6.07) is 13.6. The summed E-state index contributed by atoms with van der Waals surface area (Å²) in [6.07, 6.45) is 2.93. The number of ether oxygens (including phenoxy) is 1. The van der Waals surface area contributed by atoms with Crippen LogP contribution in [0.25, 0.3) is 0 Å². The molecule has 1 aromatic heterocycles. The van der Waals surface area contributed by atoms with E-state index >= 15 is 0 Å². The second-order valence-corrected chi connectivity index (χ2v) is 7.12. The van der Waals surface area contributed by atoms with Crippen LogP contribution >= 0.6 is 11.6 Å². The molecule has 8 nitrogen and oxygen atoms in total. The molecule has 1 aliphatic rings. The van der Waals surface area contributed by atoms with Crippen LogP contribution in [-0.4, -0.2) is 33.4 Å². The molecule has 1 aliphatic heterocycles. The van der Waals surface area contributed by atoms with Gasteiger partial charge in [0.2, 0.25) is 0 Å². The Hall–Kier alpha value is -3.78. The Morgan fingerprint density at radius 3 is 2.71 bits per heavy atom. The number of carboxylic acids is 1. The number of aliphatic carboxylic acids is 1. The van der Waals surface area contributed by atoms with Gasteiger partial charge in [0.15, 0.2) is 0 Å². The lowest BCUT2D eigenvalue weighted by atomic mass is 10.0. The van der Waals surface area contributed by atoms with E-state index in [9.17, 15) is 14.7 Å². The summed E-state index contributed by atoms with van der Waals surface area (Å²) in [4.78, 5) is 24.7. The van der Waals surface area contributed by atoms with Gasteiger partial charge in [-0.05, 0) is 31.2 Å². The third kappa shape index (κ3) is 3.97. The first-order valence-corrected chi connectivity index (χ1v) is 9.94. The predicted octanol–water partition coefficient (Wildman–Crippen LogP) is 4.17. The number of carbonyl (C=O) groups excluding carboxylic acids is 1. The molecule has 3 aromatic rings. The van der Waals surface area contributed by atoms with E-state index in [1.807, 2.05) is 31.2 Å². The fourth-order valence-corrected chi connectivity index (χ4v) is 3.55. The molecular formula is C22H19ClN4O4. The van der Waals surface area contributed by atoms with Gasteiger partial charge in [-0.3, -0.25) is 4.79 Å². The van der Waals surface area contributed by atoms with Crippen molar-refractivity contribution in [2.75, 3.05) is 17.2 Å². The molecule has 158 valence electrons. The van der Waals surface area contributed by atoms with E-state index in [0.717, 1.165) is 5.56 Å². The normalized spacial score (nSPS) is 14.8. The summed E-state index contributed by atoms with van der Waals surface area (Å²) in [5, 5.41) is 19.9. The number of nitrogens with zero attached hydrogens (tertiary/aromatic N) is 2. The lowest BCUT2D eigenvalue weighted by molar-refractivity contribution is -0.132. The molecule has 0 fully saturated rings. The lowest BCUT2D eigenvalue weighted by Crippen LogP contribution is -2.26. The standard InChI is InChI=1S/C22H19ClN4O4/c1-2-31-19-10-6-3-7-13(19)18-11-17(22(29)30)25-20-14(12-24-27(18)20)21(28)26-16-9-5-4-8-15(16)23/h3-12,18,25H,2H2,1H3,(H,26,28)(H,29,30)/t18-/m0/s1. The Morgan fingerprint density at radius 1 is 1.23 bits per heavy atom. The number of carboxylic acid groups (broad SMARTS) is 1. The van der Waals surface area contributed by atoms with E-state index in [2.05, 4.69) is 15.7 Å². The maximum Gasteiger partial charge on any atom is 0.352 e. The highest BCUT2D eigenvalue weighted by Gasteiger charge is 2.31. The van der Waals surface area contributed by atoms with Crippen molar-refractivity contribution in [2.45, 2.75) is 13.0 Å². The SMILES string of the molecule is CCOc1ccccc1[C@@H]1C=C(C(=O)O)Nc2c(C(=O)Nc3ccccc3Cl)cnn21. The number of para-hydroxylation sites is 2. The molecule has 9 heteroatoms. The van der Waals surface area contributed by atoms with Crippen LogP contribution in [0.5, 0.6) is 5.75 Å². The van der Waals surface area contributed by atoms with E-state index in [-0.39, 0.29) is 17.1 Å². The molecule has 4 rings (SSSR count). The molecule has 0 spiro atoms. The minimum Gasteiger partial charge on any atom is -0.494 e. The van der Waals surface area contributed by atoms with Gasteiger partial charge in [0.05, 0.1) is 23.5 Å². The molecule has 1 amide bonds. The van der Waals surface area contributed by atoms with Crippen LogP contribution in [0.1, 0.15) is 28.9 Å². The lowest BCUT2D eigenvalue weighted by Gasteiger charge is -2.25. The van der Waals surface area contributed by atoms with Crippen molar-refractivity contribution < 1.29 is 19.4 Å². The number of hydrogen-bond donors (Lipinski definition) is 3. The van der Waals surface area contributed by atoms with Crippen molar-refractivity contribution >= 4 is 35.0 Å². The van der Waals surface area contributed by atoms with Crippen molar-refractivity contribution in [2.24, 2.45) is 0 Å². The summed E-state index contributed by atoms with van der Waals surface area (Å²) in [5.41, 5.74) is 1.30. The van der Waals surface area contributed by atoms with Gasteiger partial charge in [-0.1, -0.05) is 41.9 Å². The monoisotopic (exact) mass is 438 g/mol. The molecule has 0 saturated carbocycles. The van der Waals surface area contributed by atoms with Gasteiger partial charge < -0.3 is 20.5 Å². The number of hydrogen-bond acceptors (Lipinski definition) is 5. The average Bonchev–Trinajstić information content (AvgIpc) is 3.19. The van der Waals surface area contributed by atoms with E-state index < -0.39 is 17.9 Å². The van der Waals surface area contributed by atoms with Gasteiger partial charge in [-0.15, -0.1) is 0 Å². The van der Waals surface area contributed by atoms with Gasteiger partial charge in [0.25, 0.3) is 5.91 Å². The first-order valence-electron chi connectivity index (χ1n) is 9.56. The van der Waals surface area contributed by atoms with Crippen molar-refractivity contribution in [3.63, 3.8) is 0 Å². The predicted molar refractivity (Wildman–Crippen MR) is 117 cm³/mol. The smallest absolute Gasteiger partial charge is 0.352 e. The minimum absolute atomic E-state index is 0.0592. The zero-order valence-corrected chi connectivity index (χ0v) is 17.3. The van der Waals surface area contributed by atoms with Crippen molar-refractivity contribution in [3.8, 4) is 5.75 Å². The minimum atomic E-state index is -1.15. The average molecular weight is 439 g/mol. The summed E-state index contributed by atoms with van der Waals surface area (Å²) in [7, 11) is 0. The van der Waals surface area contributed by atoms with Crippen molar-refractivity contribution in [1.29, 1.82) is 0 Å². The molecule has 3 N–H and O–H groups in total. The molecule has 0 bridgehead atoms. The molecule has 0 aliphatic carbocycles. The maximum atomic E-state index is 12.9. The number of allylic oxidation sites excluding steroid dienone is 1. The molecule has 1 atom stereocenters. The highest BCUT2D eigenvalue weighted by molar-refractivity contribution is 6.34. The van der Waals surface area contributed by atoms with E-state index in [0.29, 0.717) is 23.1 Å². The van der Waals surface area contributed by atoms with E-state index in [4.69, 9.17) is 16.3 Å². The van der Waals surface area contributed by atoms with Crippen LogP contribution in [0, 0.1) is 0 Å². The Labute approximate surface area is 183 Å². The van der Waals surface area contributed by atoms with Gasteiger partial charge in [0, 0.05) is 5.56 Å². The second-order valence-electron chi connectivity index (χ2n) is 6.71. The van der Waals surface area contributed by atoms with Crippen molar-refractivity contribution in [1.82, 2.24) is 9.78 Å². The van der Waals surface area contributed by atoms with Crippen LogP contribution in [0.15, 0.2) is 66.5 Å². The van der Waals surface area contributed by atoms with Crippen LogP contribution in [0.2, 0.25) is 5.02 Å². The molecule has 0 saturated heterocycles. The number of halogens is 1. The number of nitrogens with one attached hydrogen (secondary N) is 2. The Bertz CT molecular complexity index is 1190. The quantitative estimate of drug-likeness (QED) is 0.533.